The number of rotatable bonds is 2. The van der Waals surface area contributed by atoms with Crippen molar-refractivity contribution < 1.29 is 19.4 Å². The summed E-state index contributed by atoms with van der Waals surface area (Å²) < 4.78 is 11.9. The molecule has 2 aliphatic heterocycles. The van der Waals surface area contributed by atoms with Crippen LogP contribution in [0, 0.1) is 0 Å². The number of aliphatic hydroxyl groups excluding tert-OH is 1. The number of anilines is 1. The highest BCUT2D eigenvalue weighted by Crippen LogP contribution is 2.41. The van der Waals surface area contributed by atoms with Crippen LogP contribution in [-0.2, 0) is 11.2 Å². The van der Waals surface area contributed by atoms with E-state index in [2.05, 4.69) is 24.1 Å². The molecule has 0 fully saturated rings. The first-order valence-electron chi connectivity index (χ1n) is 8.33. The number of fused-ring (bicyclic) bond motifs is 2. The number of pyridine rings is 1. The Morgan fingerprint density at radius 2 is 2.04 bits per heavy atom. The lowest BCUT2D eigenvalue weighted by Crippen LogP contribution is -2.20. The highest BCUT2D eigenvalue weighted by molar-refractivity contribution is 5.93. The van der Waals surface area contributed by atoms with E-state index < -0.39 is 0 Å². The average Bonchev–Trinajstić information content (AvgIpc) is 2.91. The summed E-state index contributed by atoms with van der Waals surface area (Å²) in [6.07, 6.45) is 2.94. The molecule has 0 bridgehead atoms. The van der Waals surface area contributed by atoms with Crippen LogP contribution in [0.25, 0.3) is 0 Å². The van der Waals surface area contributed by atoms with E-state index in [0.717, 1.165) is 29.9 Å². The van der Waals surface area contributed by atoms with E-state index in [1.807, 2.05) is 24.3 Å². The molecule has 25 heavy (non-hydrogen) atoms. The molecular weight excluding hydrogens is 320 g/mol. The van der Waals surface area contributed by atoms with E-state index in [1.54, 1.807) is 6.20 Å². The predicted octanol–water partition coefficient (Wildman–Crippen LogP) is 3.25. The molecule has 4 rings (SSSR count). The second-order valence-corrected chi connectivity index (χ2v) is 6.10. The third-order valence-corrected chi connectivity index (χ3v) is 4.59. The van der Waals surface area contributed by atoms with Crippen LogP contribution in [0.4, 0.5) is 5.82 Å². The molecule has 2 unspecified atom stereocenters. The van der Waals surface area contributed by atoms with Crippen LogP contribution in [0.5, 0.6) is 17.2 Å². The van der Waals surface area contributed by atoms with E-state index in [0.29, 0.717) is 24.6 Å². The zero-order valence-electron chi connectivity index (χ0n) is 14.6. The van der Waals surface area contributed by atoms with E-state index in [4.69, 9.17) is 14.6 Å². The number of carbonyl (C=O) groups is 1. The van der Waals surface area contributed by atoms with Crippen LogP contribution in [0.2, 0.25) is 0 Å². The third kappa shape index (κ3) is 3.30. The molecule has 2 aromatic rings. The van der Waals surface area contributed by atoms with Gasteiger partial charge in [0.05, 0.1) is 0 Å². The van der Waals surface area contributed by atoms with Crippen LogP contribution in [0.1, 0.15) is 37.3 Å². The summed E-state index contributed by atoms with van der Waals surface area (Å²) in [5.41, 5.74) is 2.12. The first-order chi connectivity index (χ1) is 12.1. The van der Waals surface area contributed by atoms with Crippen LogP contribution in [0.3, 0.4) is 0 Å². The third-order valence-electron chi connectivity index (χ3n) is 4.59. The number of nitrogens with one attached hydrogen (secondary N) is 1. The van der Waals surface area contributed by atoms with Gasteiger partial charge >= 0.3 is 0 Å². The summed E-state index contributed by atoms with van der Waals surface area (Å²) in [7, 11) is 1.00. The van der Waals surface area contributed by atoms with Crippen molar-refractivity contribution in [3.05, 3.63) is 41.6 Å². The maximum atomic E-state index is 11.5. The molecule has 6 heteroatoms. The second kappa shape index (κ2) is 7.11. The quantitative estimate of drug-likeness (QED) is 0.876. The summed E-state index contributed by atoms with van der Waals surface area (Å²) >= 11 is 0. The average molecular weight is 342 g/mol. The molecule has 2 atom stereocenters. The van der Waals surface area contributed by atoms with Gasteiger partial charge in [-0.3, -0.25) is 4.79 Å². The van der Waals surface area contributed by atoms with Crippen molar-refractivity contribution >= 4 is 11.7 Å². The Kier molecular flexibility index (Phi) is 4.90. The first kappa shape index (κ1) is 17.2. The van der Waals surface area contributed by atoms with E-state index in [9.17, 15) is 4.79 Å². The standard InChI is InChI=1S/C18H18N2O3.CH4O/c1-10-11(2)22-15-5-3-12(9-14(10)15)23-16-7-8-19-18-13(16)4-6-17(21)20-18;1-2/h3,5,7-11H,4,6H2,1-2H3,(H,19,20,21);2H,1H3. The van der Waals surface area contributed by atoms with Crippen LogP contribution in [0.15, 0.2) is 30.5 Å². The Bertz CT molecular complexity index is 791. The van der Waals surface area contributed by atoms with Crippen molar-refractivity contribution in [3.63, 3.8) is 0 Å². The Balaban J connectivity index is 0.000000880. The minimum atomic E-state index is -0.000332. The van der Waals surface area contributed by atoms with Gasteiger partial charge in [-0.05, 0) is 37.6 Å². The summed E-state index contributed by atoms with van der Waals surface area (Å²) in [5.74, 6) is 3.40. The van der Waals surface area contributed by atoms with E-state index in [1.165, 1.54) is 5.56 Å². The summed E-state index contributed by atoms with van der Waals surface area (Å²) in [6.45, 7) is 4.23. The highest BCUT2D eigenvalue weighted by atomic mass is 16.5. The van der Waals surface area contributed by atoms with Crippen molar-refractivity contribution in [3.8, 4) is 17.2 Å². The molecule has 0 saturated carbocycles. The lowest BCUT2D eigenvalue weighted by atomic mass is 9.98. The van der Waals surface area contributed by atoms with Gasteiger partial charge in [0, 0.05) is 36.8 Å². The molecule has 0 saturated heterocycles. The maximum Gasteiger partial charge on any atom is 0.225 e. The van der Waals surface area contributed by atoms with Gasteiger partial charge in [-0.25, -0.2) is 4.98 Å². The lowest BCUT2D eigenvalue weighted by Gasteiger charge is -2.19. The lowest BCUT2D eigenvalue weighted by molar-refractivity contribution is -0.116. The molecule has 2 N–H and O–H groups in total. The number of hydrogen-bond acceptors (Lipinski definition) is 5. The van der Waals surface area contributed by atoms with Crippen molar-refractivity contribution in [2.24, 2.45) is 0 Å². The highest BCUT2D eigenvalue weighted by Gasteiger charge is 2.28. The number of ether oxygens (including phenoxy) is 2. The number of aromatic nitrogens is 1. The van der Waals surface area contributed by atoms with Gasteiger partial charge in [-0.2, -0.15) is 0 Å². The molecule has 1 amide bonds. The van der Waals surface area contributed by atoms with Gasteiger partial charge in [-0.1, -0.05) is 6.92 Å². The number of hydrogen-bond donors (Lipinski definition) is 2. The Morgan fingerprint density at radius 3 is 2.84 bits per heavy atom. The second-order valence-electron chi connectivity index (χ2n) is 6.10. The maximum absolute atomic E-state index is 11.5. The molecule has 0 spiro atoms. The number of nitrogens with zero attached hydrogens (tertiary/aromatic N) is 1. The molecule has 132 valence electrons. The van der Waals surface area contributed by atoms with E-state index in [-0.39, 0.29) is 12.0 Å². The molecule has 0 radical (unpaired) electrons. The number of carbonyl (C=O) groups excluding carboxylic acids is 1. The largest absolute Gasteiger partial charge is 0.490 e. The fourth-order valence-corrected chi connectivity index (χ4v) is 3.09. The fourth-order valence-electron chi connectivity index (χ4n) is 3.09. The molecular formula is C19H22N2O4. The van der Waals surface area contributed by atoms with Crippen LogP contribution >= 0.6 is 0 Å². The zero-order chi connectivity index (χ0) is 18.0. The fraction of sp³-hybridized carbons (Fsp3) is 0.368. The van der Waals surface area contributed by atoms with Gasteiger partial charge in [-0.15, -0.1) is 0 Å². The zero-order valence-corrected chi connectivity index (χ0v) is 14.6. The summed E-state index contributed by atoms with van der Waals surface area (Å²) in [6, 6.07) is 7.75. The first-order valence-corrected chi connectivity index (χ1v) is 8.33. The SMILES string of the molecule is CC1Oc2ccc(Oc3ccnc4c3CCC(=O)N4)cc2C1C.CO. The Hall–Kier alpha value is -2.60. The molecule has 6 nitrogen and oxygen atoms in total. The van der Waals surface area contributed by atoms with Gasteiger partial charge < -0.3 is 19.9 Å². The molecule has 0 aliphatic carbocycles. The topological polar surface area (TPSA) is 80.7 Å². The molecule has 1 aromatic heterocycles. The van der Waals surface area contributed by atoms with E-state index >= 15 is 0 Å². The number of amides is 1. The van der Waals surface area contributed by atoms with Gasteiger partial charge in [0.15, 0.2) is 0 Å². The molecule has 2 aliphatic rings. The number of aliphatic hydroxyl groups is 1. The molecule has 3 heterocycles. The Labute approximate surface area is 146 Å². The van der Waals surface area contributed by atoms with Crippen molar-refractivity contribution in [1.82, 2.24) is 4.98 Å². The van der Waals surface area contributed by atoms with Crippen molar-refractivity contribution in [2.45, 2.75) is 38.7 Å². The minimum absolute atomic E-state index is 0.000332. The van der Waals surface area contributed by atoms with Gasteiger partial charge in [0.25, 0.3) is 0 Å². The van der Waals surface area contributed by atoms with Crippen molar-refractivity contribution in [1.29, 1.82) is 0 Å². The van der Waals surface area contributed by atoms with Crippen molar-refractivity contribution in [2.75, 3.05) is 12.4 Å². The van der Waals surface area contributed by atoms with Crippen LogP contribution < -0.4 is 14.8 Å². The summed E-state index contributed by atoms with van der Waals surface area (Å²) in [4.78, 5) is 15.7. The Morgan fingerprint density at radius 1 is 1.24 bits per heavy atom. The number of benzene rings is 1. The minimum Gasteiger partial charge on any atom is -0.490 e. The smallest absolute Gasteiger partial charge is 0.225 e. The van der Waals surface area contributed by atoms with Gasteiger partial charge in [0.1, 0.15) is 29.2 Å². The monoisotopic (exact) mass is 342 g/mol. The van der Waals surface area contributed by atoms with Crippen LogP contribution in [-0.4, -0.2) is 29.2 Å². The normalized spacial score (nSPS) is 20.4. The predicted molar refractivity (Wildman–Crippen MR) is 94.4 cm³/mol. The summed E-state index contributed by atoms with van der Waals surface area (Å²) in [5, 5.41) is 9.79. The molecule has 1 aromatic carbocycles. The van der Waals surface area contributed by atoms with Gasteiger partial charge in [0.2, 0.25) is 5.91 Å².